The zero-order chi connectivity index (χ0) is 24.2. The number of hydrogen-bond acceptors (Lipinski definition) is 7. The van der Waals surface area contributed by atoms with E-state index in [4.69, 9.17) is 0 Å². The van der Waals surface area contributed by atoms with Gasteiger partial charge in [-0.25, -0.2) is 0 Å². The number of anilines is 1. The molecule has 11 nitrogen and oxygen atoms in total. The van der Waals surface area contributed by atoms with Crippen LogP contribution in [0.4, 0.5) is 11.4 Å². The molecule has 2 heterocycles. The number of hydrogen-bond donors (Lipinski definition) is 2. The summed E-state index contributed by atoms with van der Waals surface area (Å²) in [4.78, 5) is 64.3. The number of amides is 4. The van der Waals surface area contributed by atoms with E-state index in [0.29, 0.717) is 11.3 Å². The number of aromatic nitrogens is 1. The van der Waals surface area contributed by atoms with E-state index in [1.165, 1.54) is 12.3 Å². The number of rotatable bonds is 7. The molecule has 1 aliphatic heterocycles. The summed E-state index contributed by atoms with van der Waals surface area (Å²) in [7, 11) is 0. The zero-order valence-electron chi connectivity index (χ0n) is 17.6. The largest absolute Gasteiger partial charge is 0.350 e. The number of pyridine rings is 1. The summed E-state index contributed by atoms with van der Waals surface area (Å²) in [6, 6.07) is 13.4. The van der Waals surface area contributed by atoms with Crippen molar-refractivity contribution in [3.05, 3.63) is 99.4 Å². The van der Waals surface area contributed by atoms with E-state index in [2.05, 4.69) is 15.6 Å². The van der Waals surface area contributed by atoms with E-state index in [1.54, 1.807) is 42.6 Å². The Bertz CT molecular complexity index is 1310. The number of non-ortho nitro benzene ring substituents is 1. The molecule has 0 spiro atoms. The monoisotopic (exact) mass is 459 g/mol. The van der Waals surface area contributed by atoms with Crippen molar-refractivity contribution in [3.8, 4) is 0 Å². The fraction of sp³-hybridized carbons (Fsp3) is 0.0870. The molecule has 4 amide bonds. The van der Waals surface area contributed by atoms with Gasteiger partial charge in [0.2, 0.25) is 5.91 Å². The summed E-state index contributed by atoms with van der Waals surface area (Å²) in [6.45, 7) is -0.385. The molecule has 3 aromatic rings. The summed E-state index contributed by atoms with van der Waals surface area (Å²) in [5.41, 5.74) is 1.31. The molecule has 0 bridgehead atoms. The van der Waals surface area contributed by atoms with Crippen molar-refractivity contribution in [2.75, 3.05) is 11.9 Å². The smallest absolute Gasteiger partial charge is 0.270 e. The molecular formula is C23H17N5O6. The lowest BCUT2D eigenvalue weighted by molar-refractivity contribution is -0.384. The van der Waals surface area contributed by atoms with Crippen molar-refractivity contribution in [2.45, 2.75) is 6.54 Å². The van der Waals surface area contributed by atoms with Crippen LogP contribution in [0.3, 0.4) is 0 Å². The van der Waals surface area contributed by atoms with Crippen molar-refractivity contribution < 1.29 is 24.1 Å². The molecule has 1 aliphatic rings. The summed E-state index contributed by atoms with van der Waals surface area (Å²) in [5.74, 6) is -2.32. The Morgan fingerprint density at radius 3 is 2.41 bits per heavy atom. The van der Waals surface area contributed by atoms with Crippen LogP contribution in [0.15, 0.2) is 67.0 Å². The molecule has 11 heteroatoms. The molecule has 0 radical (unpaired) electrons. The van der Waals surface area contributed by atoms with Gasteiger partial charge in [0.05, 0.1) is 21.6 Å². The minimum Gasteiger partial charge on any atom is -0.350 e. The van der Waals surface area contributed by atoms with E-state index in [1.807, 2.05) is 0 Å². The predicted molar refractivity (Wildman–Crippen MR) is 119 cm³/mol. The molecule has 0 fully saturated rings. The molecule has 0 saturated heterocycles. The number of nitrogens with one attached hydrogen (secondary N) is 2. The number of carbonyl (C=O) groups excluding carboxylic acids is 4. The van der Waals surface area contributed by atoms with Gasteiger partial charge >= 0.3 is 0 Å². The average Bonchev–Trinajstić information content (AvgIpc) is 3.08. The van der Waals surface area contributed by atoms with E-state index < -0.39 is 29.2 Å². The summed E-state index contributed by atoms with van der Waals surface area (Å²) in [5, 5.41) is 16.3. The van der Waals surface area contributed by atoms with Gasteiger partial charge in [-0.1, -0.05) is 12.1 Å². The normalized spacial score (nSPS) is 12.3. The highest BCUT2D eigenvalue weighted by Crippen LogP contribution is 2.26. The Kier molecular flexibility index (Phi) is 6.08. The topological polar surface area (TPSA) is 152 Å². The van der Waals surface area contributed by atoms with Gasteiger partial charge in [-0.15, -0.1) is 0 Å². The summed E-state index contributed by atoms with van der Waals surface area (Å²) < 4.78 is 0. The Hall–Kier alpha value is -4.93. The number of carbonyl (C=O) groups is 4. The second-order valence-corrected chi connectivity index (χ2v) is 7.35. The maximum atomic E-state index is 12.5. The highest BCUT2D eigenvalue weighted by atomic mass is 16.6. The summed E-state index contributed by atoms with van der Waals surface area (Å²) >= 11 is 0. The minimum absolute atomic E-state index is 0.0207. The van der Waals surface area contributed by atoms with Crippen LogP contribution in [0.1, 0.15) is 36.6 Å². The van der Waals surface area contributed by atoms with E-state index >= 15 is 0 Å². The minimum atomic E-state index is -0.757. The van der Waals surface area contributed by atoms with Gasteiger partial charge in [0, 0.05) is 36.8 Å². The Morgan fingerprint density at radius 2 is 1.74 bits per heavy atom. The molecule has 34 heavy (non-hydrogen) atoms. The fourth-order valence-corrected chi connectivity index (χ4v) is 3.34. The summed E-state index contributed by atoms with van der Waals surface area (Å²) in [6.07, 6.45) is 3.02. The number of fused-ring (bicyclic) bond motifs is 1. The van der Waals surface area contributed by atoms with E-state index in [0.717, 1.165) is 22.6 Å². The van der Waals surface area contributed by atoms with Crippen molar-refractivity contribution in [2.24, 2.45) is 0 Å². The van der Waals surface area contributed by atoms with Crippen LogP contribution in [-0.4, -0.2) is 45.0 Å². The van der Waals surface area contributed by atoms with Gasteiger partial charge in [0.25, 0.3) is 23.4 Å². The molecule has 0 saturated carbocycles. The standard InChI is InChI=1S/C23H17N5O6/c29-20(13-27-22(31)18-8-7-17(28(33)34)10-19(18)23(27)32)25-11-14-3-5-16(6-4-14)26-21(30)15-2-1-9-24-12-15/h1-10,12H,11,13H2,(H,25,29)(H,26,30). The second kappa shape index (κ2) is 9.28. The zero-order valence-corrected chi connectivity index (χ0v) is 17.6. The molecule has 2 aromatic carbocycles. The third-order valence-corrected chi connectivity index (χ3v) is 5.09. The van der Waals surface area contributed by atoms with Crippen molar-refractivity contribution in [1.29, 1.82) is 0 Å². The van der Waals surface area contributed by atoms with Crippen LogP contribution in [0.25, 0.3) is 0 Å². The highest BCUT2D eigenvalue weighted by molar-refractivity contribution is 6.22. The fourth-order valence-electron chi connectivity index (χ4n) is 3.34. The molecule has 0 aliphatic carbocycles. The van der Waals surface area contributed by atoms with Crippen LogP contribution < -0.4 is 10.6 Å². The van der Waals surface area contributed by atoms with Crippen molar-refractivity contribution in [1.82, 2.24) is 15.2 Å². The first-order valence-corrected chi connectivity index (χ1v) is 10.0. The lowest BCUT2D eigenvalue weighted by Crippen LogP contribution is -2.40. The number of imide groups is 1. The van der Waals surface area contributed by atoms with Gasteiger partial charge in [0.15, 0.2) is 0 Å². The van der Waals surface area contributed by atoms with E-state index in [-0.39, 0.29) is 29.3 Å². The van der Waals surface area contributed by atoms with Crippen LogP contribution in [0.2, 0.25) is 0 Å². The SMILES string of the molecule is O=C(CN1C(=O)c2ccc([N+](=O)[O-])cc2C1=O)NCc1ccc(NC(=O)c2cccnc2)cc1. The second-order valence-electron chi connectivity index (χ2n) is 7.35. The first-order chi connectivity index (χ1) is 16.3. The van der Waals surface area contributed by atoms with E-state index in [9.17, 15) is 29.3 Å². The Balaban J connectivity index is 1.32. The average molecular weight is 459 g/mol. The van der Waals surface area contributed by atoms with Crippen molar-refractivity contribution >= 4 is 35.0 Å². The van der Waals surface area contributed by atoms with Gasteiger partial charge in [-0.2, -0.15) is 0 Å². The highest BCUT2D eigenvalue weighted by Gasteiger charge is 2.37. The Morgan fingerprint density at radius 1 is 1.00 bits per heavy atom. The van der Waals surface area contributed by atoms with Crippen LogP contribution in [-0.2, 0) is 11.3 Å². The molecule has 0 atom stereocenters. The number of benzene rings is 2. The lowest BCUT2D eigenvalue weighted by Gasteiger charge is -2.13. The maximum absolute atomic E-state index is 12.5. The Labute approximate surface area is 192 Å². The number of nitro groups is 1. The molecule has 4 rings (SSSR count). The van der Waals surface area contributed by atoms with Gasteiger partial charge in [-0.3, -0.25) is 39.2 Å². The molecular weight excluding hydrogens is 442 g/mol. The first-order valence-electron chi connectivity index (χ1n) is 10.0. The molecule has 170 valence electrons. The van der Waals surface area contributed by atoms with Gasteiger partial charge in [-0.05, 0) is 35.9 Å². The molecule has 0 unspecified atom stereocenters. The maximum Gasteiger partial charge on any atom is 0.270 e. The third-order valence-electron chi connectivity index (χ3n) is 5.09. The third kappa shape index (κ3) is 4.63. The van der Waals surface area contributed by atoms with Gasteiger partial charge in [0.1, 0.15) is 6.54 Å². The first kappa shape index (κ1) is 22.3. The molecule has 2 N–H and O–H groups in total. The van der Waals surface area contributed by atoms with Crippen LogP contribution >= 0.6 is 0 Å². The number of nitrogens with zero attached hydrogens (tertiary/aromatic N) is 3. The quantitative estimate of drug-likeness (QED) is 0.312. The predicted octanol–water partition coefficient (Wildman–Crippen LogP) is 2.15. The number of nitro benzene ring substituents is 1. The van der Waals surface area contributed by atoms with Crippen LogP contribution in [0, 0.1) is 10.1 Å². The van der Waals surface area contributed by atoms with Crippen LogP contribution in [0.5, 0.6) is 0 Å². The van der Waals surface area contributed by atoms with Crippen molar-refractivity contribution in [3.63, 3.8) is 0 Å². The lowest BCUT2D eigenvalue weighted by atomic mass is 10.1. The molecule has 1 aromatic heterocycles. The van der Waals surface area contributed by atoms with Gasteiger partial charge < -0.3 is 10.6 Å².